The van der Waals surface area contributed by atoms with Gasteiger partial charge in [0.2, 0.25) is 5.91 Å². The summed E-state index contributed by atoms with van der Waals surface area (Å²) in [5.74, 6) is 2.42. The van der Waals surface area contributed by atoms with Crippen molar-refractivity contribution >= 4 is 11.8 Å². The highest BCUT2D eigenvalue weighted by molar-refractivity contribution is 5.96. The van der Waals surface area contributed by atoms with Crippen molar-refractivity contribution in [2.45, 2.75) is 52.4 Å². The van der Waals surface area contributed by atoms with Crippen LogP contribution in [0, 0.1) is 37.0 Å². The van der Waals surface area contributed by atoms with E-state index in [0.717, 1.165) is 35.4 Å². The minimum atomic E-state index is -0.179. The third kappa shape index (κ3) is 3.65. The molecule has 26 heavy (non-hydrogen) atoms. The Bertz CT molecular complexity index is 669. The van der Waals surface area contributed by atoms with Gasteiger partial charge in [0.05, 0.1) is 6.54 Å². The summed E-state index contributed by atoms with van der Waals surface area (Å²) in [6, 6.07) is 5.75. The SMILES string of the molecule is Cc1cc(C)cc(C(=O)NCC(=O)NCC23CC4CC(CC(C4)C2)C3)c1. The average molecular weight is 354 g/mol. The van der Waals surface area contributed by atoms with Crippen LogP contribution in [0.2, 0.25) is 0 Å². The summed E-state index contributed by atoms with van der Waals surface area (Å²) >= 11 is 0. The Morgan fingerprint density at radius 3 is 2.00 bits per heavy atom. The van der Waals surface area contributed by atoms with Crippen LogP contribution in [0.25, 0.3) is 0 Å². The number of carbonyl (C=O) groups is 2. The van der Waals surface area contributed by atoms with Gasteiger partial charge >= 0.3 is 0 Å². The summed E-state index contributed by atoms with van der Waals surface area (Å²) in [5.41, 5.74) is 3.07. The second kappa shape index (κ2) is 6.71. The van der Waals surface area contributed by atoms with Crippen molar-refractivity contribution in [3.05, 3.63) is 34.9 Å². The van der Waals surface area contributed by atoms with Crippen LogP contribution in [0.4, 0.5) is 0 Å². The molecule has 2 amide bonds. The standard InChI is InChI=1S/C22H30N2O2/c1-14-3-15(2)5-19(4-14)21(26)23-12-20(25)24-13-22-9-16-6-17(10-22)8-18(7-16)11-22/h3-5,16-18H,6-13H2,1-2H3,(H,23,26)(H,24,25). The molecule has 0 heterocycles. The summed E-state index contributed by atoms with van der Waals surface area (Å²) in [4.78, 5) is 24.6. The fraction of sp³-hybridized carbons (Fsp3) is 0.636. The van der Waals surface area contributed by atoms with Crippen molar-refractivity contribution in [3.63, 3.8) is 0 Å². The maximum Gasteiger partial charge on any atom is 0.251 e. The van der Waals surface area contributed by atoms with E-state index in [4.69, 9.17) is 0 Å². The summed E-state index contributed by atoms with van der Waals surface area (Å²) in [6.07, 6.45) is 8.11. The molecule has 0 atom stereocenters. The fourth-order valence-corrected chi connectivity index (χ4v) is 6.22. The molecule has 4 aliphatic carbocycles. The molecule has 1 aromatic carbocycles. The number of carbonyl (C=O) groups excluding carboxylic acids is 2. The van der Waals surface area contributed by atoms with Crippen molar-refractivity contribution in [3.8, 4) is 0 Å². The van der Waals surface area contributed by atoms with Crippen LogP contribution in [0.1, 0.15) is 60.0 Å². The second-order valence-corrected chi connectivity index (χ2v) is 9.25. The van der Waals surface area contributed by atoms with Gasteiger partial charge in [0, 0.05) is 12.1 Å². The number of rotatable bonds is 5. The maximum atomic E-state index is 12.3. The molecule has 2 N–H and O–H groups in total. The molecule has 0 aliphatic heterocycles. The van der Waals surface area contributed by atoms with Crippen molar-refractivity contribution in [2.24, 2.45) is 23.2 Å². The summed E-state index contributed by atoms with van der Waals surface area (Å²) in [6.45, 7) is 4.79. The lowest BCUT2D eigenvalue weighted by atomic mass is 9.49. The molecule has 0 saturated heterocycles. The van der Waals surface area contributed by atoms with Gasteiger partial charge < -0.3 is 10.6 Å². The van der Waals surface area contributed by atoms with Crippen molar-refractivity contribution in [1.29, 1.82) is 0 Å². The number of aryl methyl sites for hydroxylation is 2. The molecule has 0 radical (unpaired) electrons. The number of nitrogens with one attached hydrogen (secondary N) is 2. The van der Waals surface area contributed by atoms with Gasteiger partial charge in [-0.3, -0.25) is 9.59 Å². The molecule has 0 spiro atoms. The minimum absolute atomic E-state index is 0.0538. The molecular formula is C22H30N2O2. The Morgan fingerprint density at radius 2 is 1.46 bits per heavy atom. The van der Waals surface area contributed by atoms with E-state index in [-0.39, 0.29) is 18.4 Å². The van der Waals surface area contributed by atoms with Crippen molar-refractivity contribution in [1.82, 2.24) is 10.6 Å². The van der Waals surface area contributed by atoms with Gasteiger partial charge in [0.1, 0.15) is 0 Å². The van der Waals surface area contributed by atoms with Gasteiger partial charge in [-0.05, 0) is 87.7 Å². The minimum Gasteiger partial charge on any atom is -0.354 e. The number of amides is 2. The van der Waals surface area contributed by atoms with Crippen molar-refractivity contribution in [2.75, 3.05) is 13.1 Å². The maximum absolute atomic E-state index is 12.3. The highest BCUT2D eigenvalue weighted by atomic mass is 16.2. The average Bonchev–Trinajstić information content (AvgIpc) is 2.56. The third-order valence-electron chi connectivity index (χ3n) is 6.72. The second-order valence-electron chi connectivity index (χ2n) is 9.25. The van der Waals surface area contributed by atoms with E-state index < -0.39 is 0 Å². The first-order valence-corrected chi connectivity index (χ1v) is 10.0. The summed E-state index contributed by atoms with van der Waals surface area (Å²) in [5, 5.41) is 5.88. The van der Waals surface area contributed by atoms with Crippen LogP contribution in [0.15, 0.2) is 18.2 Å². The molecule has 140 valence electrons. The monoisotopic (exact) mass is 354 g/mol. The van der Waals surface area contributed by atoms with E-state index in [9.17, 15) is 9.59 Å². The van der Waals surface area contributed by atoms with Gasteiger partial charge in [-0.15, -0.1) is 0 Å². The zero-order chi connectivity index (χ0) is 18.3. The fourth-order valence-electron chi connectivity index (χ4n) is 6.22. The lowest BCUT2D eigenvalue weighted by molar-refractivity contribution is -0.122. The quantitative estimate of drug-likeness (QED) is 0.852. The Hall–Kier alpha value is -1.84. The van der Waals surface area contributed by atoms with Gasteiger partial charge in [-0.2, -0.15) is 0 Å². The molecule has 4 aliphatic rings. The highest BCUT2D eigenvalue weighted by Gasteiger charge is 2.50. The van der Waals surface area contributed by atoms with E-state index >= 15 is 0 Å². The van der Waals surface area contributed by atoms with Gasteiger partial charge in [-0.1, -0.05) is 17.2 Å². The Labute approximate surface area is 156 Å². The number of benzene rings is 1. The molecular weight excluding hydrogens is 324 g/mol. The van der Waals surface area contributed by atoms with Crippen LogP contribution in [0.5, 0.6) is 0 Å². The van der Waals surface area contributed by atoms with E-state index in [1.165, 1.54) is 38.5 Å². The summed E-state index contributed by atoms with van der Waals surface area (Å²) < 4.78 is 0. The smallest absolute Gasteiger partial charge is 0.251 e. The number of hydrogen-bond donors (Lipinski definition) is 2. The van der Waals surface area contributed by atoms with Gasteiger partial charge in [0.25, 0.3) is 5.91 Å². The van der Waals surface area contributed by atoms with E-state index in [0.29, 0.717) is 11.0 Å². The molecule has 4 bridgehead atoms. The lowest BCUT2D eigenvalue weighted by Crippen LogP contribution is -2.52. The van der Waals surface area contributed by atoms with Crippen LogP contribution < -0.4 is 10.6 Å². The Kier molecular flexibility index (Phi) is 4.54. The molecule has 4 saturated carbocycles. The first-order valence-electron chi connectivity index (χ1n) is 10.0. The summed E-state index contributed by atoms with van der Waals surface area (Å²) in [7, 11) is 0. The van der Waals surface area contributed by atoms with Crippen LogP contribution in [-0.4, -0.2) is 24.9 Å². The lowest BCUT2D eigenvalue weighted by Gasteiger charge is -2.56. The predicted molar refractivity (Wildman–Crippen MR) is 102 cm³/mol. The van der Waals surface area contributed by atoms with E-state index in [1.54, 1.807) is 0 Å². The molecule has 4 fully saturated rings. The Balaban J connectivity index is 1.27. The molecule has 4 nitrogen and oxygen atoms in total. The zero-order valence-corrected chi connectivity index (χ0v) is 15.9. The largest absolute Gasteiger partial charge is 0.354 e. The van der Waals surface area contributed by atoms with Crippen LogP contribution in [0.3, 0.4) is 0 Å². The third-order valence-corrected chi connectivity index (χ3v) is 6.72. The Morgan fingerprint density at radius 1 is 0.923 bits per heavy atom. The normalized spacial score (nSPS) is 31.7. The number of hydrogen-bond acceptors (Lipinski definition) is 2. The van der Waals surface area contributed by atoms with Crippen LogP contribution in [-0.2, 0) is 4.79 Å². The van der Waals surface area contributed by atoms with Crippen LogP contribution >= 0.6 is 0 Å². The molecule has 5 rings (SSSR count). The molecule has 4 heteroatoms. The highest BCUT2D eigenvalue weighted by Crippen LogP contribution is 2.59. The molecule has 1 aromatic rings. The zero-order valence-electron chi connectivity index (χ0n) is 15.9. The first kappa shape index (κ1) is 17.6. The molecule has 0 unspecified atom stereocenters. The first-order chi connectivity index (χ1) is 12.4. The predicted octanol–water partition coefficient (Wildman–Crippen LogP) is 3.37. The van der Waals surface area contributed by atoms with E-state index in [1.807, 2.05) is 32.0 Å². The van der Waals surface area contributed by atoms with Crippen molar-refractivity contribution < 1.29 is 9.59 Å². The van der Waals surface area contributed by atoms with E-state index in [2.05, 4.69) is 10.6 Å². The molecule has 0 aromatic heterocycles. The topological polar surface area (TPSA) is 58.2 Å². The van der Waals surface area contributed by atoms with Gasteiger partial charge in [-0.25, -0.2) is 0 Å². The van der Waals surface area contributed by atoms with Gasteiger partial charge in [0.15, 0.2) is 0 Å².